The van der Waals surface area contributed by atoms with Gasteiger partial charge in [-0.05, 0) is 66.9 Å². The van der Waals surface area contributed by atoms with Gasteiger partial charge in [0.15, 0.2) is 0 Å². The lowest BCUT2D eigenvalue weighted by Crippen LogP contribution is -2.54. The third-order valence-corrected chi connectivity index (χ3v) is 5.75. The van der Waals surface area contributed by atoms with Gasteiger partial charge in [0.25, 0.3) is 11.8 Å². The minimum atomic E-state index is -0.812. The van der Waals surface area contributed by atoms with Crippen LogP contribution in [0.25, 0.3) is 6.08 Å². The predicted molar refractivity (Wildman–Crippen MR) is 129 cm³/mol. The smallest absolute Gasteiger partial charge is 0.335 e. The minimum absolute atomic E-state index is 0.122. The minimum Gasteiger partial charge on any atom is -0.497 e. The van der Waals surface area contributed by atoms with Crippen molar-refractivity contribution in [3.8, 4) is 11.5 Å². The van der Waals surface area contributed by atoms with E-state index in [4.69, 9.17) is 9.47 Å². The maximum Gasteiger partial charge on any atom is 0.335 e. The van der Waals surface area contributed by atoms with Gasteiger partial charge in [-0.3, -0.25) is 14.9 Å². The second-order valence-corrected chi connectivity index (χ2v) is 8.00. The van der Waals surface area contributed by atoms with E-state index in [1.165, 1.54) is 25.3 Å². The Balaban J connectivity index is 1.70. The number of benzene rings is 3. The molecule has 3 aromatic carbocycles. The largest absolute Gasteiger partial charge is 0.497 e. The fourth-order valence-corrected chi connectivity index (χ4v) is 3.64. The molecule has 35 heavy (non-hydrogen) atoms. The summed E-state index contributed by atoms with van der Waals surface area (Å²) in [6.45, 7) is 3.79. The first-order chi connectivity index (χ1) is 16.8. The average Bonchev–Trinajstić information content (AvgIpc) is 2.84. The number of halogens is 1. The zero-order valence-corrected chi connectivity index (χ0v) is 19.4. The second kappa shape index (κ2) is 9.80. The molecule has 7 nitrogen and oxygen atoms in total. The molecule has 0 aliphatic carbocycles. The molecule has 1 fully saturated rings. The number of nitrogens with one attached hydrogen (secondary N) is 1. The molecule has 4 amide bonds. The molecule has 1 aliphatic heterocycles. The molecule has 0 bridgehead atoms. The molecular weight excluding hydrogens is 451 g/mol. The number of nitrogens with zero attached hydrogens (tertiary/aromatic N) is 1. The third-order valence-electron chi connectivity index (χ3n) is 5.75. The van der Waals surface area contributed by atoms with Crippen molar-refractivity contribution in [3.05, 3.63) is 94.3 Å². The number of carbonyl (C=O) groups excluding carboxylic acids is 3. The number of imide groups is 2. The van der Waals surface area contributed by atoms with Crippen LogP contribution in [0.3, 0.4) is 0 Å². The van der Waals surface area contributed by atoms with Gasteiger partial charge in [0.2, 0.25) is 0 Å². The van der Waals surface area contributed by atoms with E-state index in [1.54, 1.807) is 49.4 Å². The monoisotopic (exact) mass is 474 g/mol. The molecule has 0 spiro atoms. The molecule has 178 valence electrons. The third kappa shape index (κ3) is 4.91. The average molecular weight is 474 g/mol. The molecule has 0 saturated carbocycles. The van der Waals surface area contributed by atoms with Crippen molar-refractivity contribution in [2.45, 2.75) is 20.5 Å². The zero-order valence-electron chi connectivity index (χ0n) is 19.4. The number of urea groups is 1. The molecular formula is C27H23FN2O5. The Morgan fingerprint density at radius 1 is 1.00 bits per heavy atom. The number of rotatable bonds is 6. The lowest BCUT2D eigenvalue weighted by molar-refractivity contribution is -0.122. The van der Waals surface area contributed by atoms with E-state index < -0.39 is 17.8 Å². The van der Waals surface area contributed by atoms with Crippen molar-refractivity contribution in [3.63, 3.8) is 0 Å². The molecule has 3 aromatic rings. The molecule has 0 aromatic heterocycles. The molecule has 1 saturated heterocycles. The van der Waals surface area contributed by atoms with Crippen molar-refractivity contribution in [1.29, 1.82) is 0 Å². The SMILES string of the molecule is COc1ccc(/C=C2\C(=O)NC(=O)N(c3cccc(C)c3C)C2=O)c(OCc2ccc(F)cc2)c1. The Kier molecular flexibility index (Phi) is 6.64. The molecule has 1 N–H and O–H groups in total. The lowest BCUT2D eigenvalue weighted by atomic mass is 10.0. The highest BCUT2D eigenvalue weighted by Gasteiger charge is 2.37. The van der Waals surface area contributed by atoms with E-state index in [-0.39, 0.29) is 18.0 Å². The van der Waals surface area contributed by atoms with Crippen LogP contribution in [0.4, 0.5) is 14.9 Å². The van der Waals surface area contributed by atoms with Gasteiger partial charge in [0.1, 0.15) is 29.5 Å². The molecule has 8 heteroatoms. The Bertz CT molecular complexity index is 1350. The van der Waals surface area contributed by atoms with Crippen LogP contribution >= 0.6 is 0 Å². The van der Waals surface area contributed by atoms with Crippen LogP contribution in [0.5, 0.6) is 11.5 Å². The van der Waals surface area contributed by atoms with E-state index >= 15 is 0 Å². The summed E-state index contributed by atoms with van der Waals surface area (Å²) >= 11 is 0. The highest BCUT2D eigenvalue weighted by atomic mass is 19.1. The highest BCUT2D eigenvalue weighted by molar-refractivity contribution is 6.39. The van der Waals surface area contributed by atoms with Crippen molar-refractivity contribution < 1.29 is 28.2 Å². The van der Waals surface area contributed by atoms with Crippen LogP contribution in [0.2, 0.25) is 0 Å². The quantitative estimate of drug-likeness (QED) is 0.414. The van der Waals surface area contributed by atoms with E-state index in [0.717, 1.165) is 21.6 Å². The van der Waals surface area contributed by atoms with E-state index in [1.807, 2.05) is 13.0 Å². The summed E-state index contributed by atoms with van der Waals surface area (Å²) in [5.41, 5.74) is 2.98. The fourth-order valence-electron chi connectivity index (χ4n) is 3.64. The summed E-state index contributed by atoms with van der Waals surface area (Å²) in [6, 6.07) is 15.2. The maximum absolute atomic E-state index is 13.3. The second-order valence-electron chi connectivity index (χ2n) is 8.00. The summed E-state index contributed by atoms with van der Waals surface area (Å²) in [4.78, 5) is 39.5. The van der Waals surface area contributed by atoms with Crippen LogP contribution in [0.1, 0.15) is 22.3 Å². The standard InChI is InChI=1S/C27H23FN2O5/c1-16-5-4-6-23(17(16)2)30-26(32)22(25(31)29-27(30)33)13-19-9-12-21(34-3)14-24(19)35-15-18-7-10-20(28)11-8-18/h4-14H,15H2,1-3H3,(H,29,31,33)/b22-13+. The summed E-state index contributed by atoms with van der Waals surface area (Å²) in [7, 11) is 1.50. The van der Waals surface area contributed by atoms with Crippen molar-refractivity contribution in [2.75, 3.05) is 12.0 Å². The number of aryl methyl sites for hydroxylation is 1. The Morgan fingerprint density at radius 3 is 2.46 bits per heavy atom. The van der Waals surface area contributed by atoms with Crippen LogP contribution in [0, 0.1) is 19.7 Å². The first kappa shape index (κ1) is 23.7. The van der Waals surface area contributed by atoms with Crippen molar-refractivity contribution in [1.82, 2.24) is 5.32 Å². The zero-order chi connectivity index (χ0) is 25.1. The first-order valence-electron chi connectivity index (χ1n) is 10.8. The molecule has 0 radical (unpaired) electrons. The number of hydrogen-bond donors (Lipinski definition) is 1. The fraction of sp³-hybridized carbons (Fsp3) is 0.148. The van der Waals surface area contributed by atoms with Gasteiger partial charge in [-0.15, -0.1) is 0 Å². The van der Waals surface area contributed by atoms with Gasteiger partial charge in [0, 0.05) is 11.6 Å². The normalized spacial score (nSPS) is 14.8. The van der Waals surface area contributed by atoms with Gasteiger partial charge >= 0.3 is 6.03 Å². The first-order valence-corrected chi connectivity index (χ1v) is 10.8. The molecule has 0 atom stereocenters. The van der Waals surface area contributed by atoms with E-state index in [0.29, 0.717) is 22.7 Å². The van der Waals surface area contributed by atoms with Crippen molar-refractivity contribution >= 4 is 29.6 Å². The summed E-state index contributed by atoms with van der Waals surface area (Å²) in [5.74, 6) is -1.05. The molecule has 4 rings (SSSR count). The number of anilines is 1. The number of hydrogen-bond acceptors (Lipinski definition) is 5. The molecule has 0 unspecified atom stereocenters. The maximum atomic E-state index is 13.3. The van der Waals surface area contributed by atoms with Crippen LogP contribution in [-0.4, -0.2) is 25.0 Å². The van der Waals surface area contributed by atoms with Crippen LogP contribution in [-0.2, 0) is 16.2 Å². The number of ether oxygens (including phenoxy) is 2. The van der Waals surface area contributed by atoms with Gasteiger partial charge in [-0.25, -0.2) is 14.1 Å². The number of methoxy groups -OCH3 is 1. The van der Waals surface area contributed by atoms with Gasteiger partial charge < -0.3 is 9.47 Å². The predicted octanol–water partition coefficient (Wildman–Crippen LogP) is 4.70. The Hall–Kier alpha value is -4.46. The number of amides is 4. The number of barbiturate groups is 1. The summed E-state index contributed by atoms with van der Waals surface area (Å²) in [5, 5.41) is 2.24. The highest BCUT2D eigenvalue weighted by Crippen LogP contribution is 2.31. The summed E-state index contributed by atoms with van der Waals surface area (Å²) in [6.07, 6.45) is 1.38. The van der Waals surface area contributed by atoms with Gasteiger partial charge in [-0.1, -0.05) is 24.3 Å². The Labute approximate surface area is 201 Å². The molecule has 1 aliphatic rings. The van der Waals surface area contributed by atoms with E-state index in [9.17, 15) is 18.8 Å². The van der Waals surface area contributed by atoms with E-state index in [2.05, 4.69) is 5.32 Å². The Morgan fingerprint density at radius 2 is 1.74 bits per heavy atom. The number of carbonyl (C=O) groups is 3. The van der Waals surface area contributed by atoms with Crippen LogP contribution in [0.15, 0.2) is 66.2 Å². The topological polar surface area (TPSA) is 84.9 Å². The summed E-state index contributed by atoms with van der Waals surface area (Å²) < 4.78 is 24.4. The van der Waals surface area contributed by atoms with Crippen molar-refractivity contribution in [2.24, 2.45) is 0 Å². The van der Waals surface area contributed by atoms with Crippen LogP contribution < -0.4 is 19.7 Å². The van der Waals surface area contributed by atoms with Gasteiger partial charge in [0.05, 0.1) is 12.8 Å². The van der Waals surface area contributed by atoms with Gasteiger partial charge in [-0.2, -0.15) is 0 Å². The molecule has 1 heterocycles. The lowest BCUT2D eigenvalue weighted by Gasteiger charge is -2.28.